The number of nitrogens with zero attached hydrogens (tertiary/aromatic N) is 3. The number of carbonyl (C=O) groups excluding carboxylic acids is 3. The standard InChI is InChI=1S/C6H7N3O4/c1-8-4(10)3(7-13)5(11)9(2)6(8)12/h13H,1-2H3/p+1. The van der Waals surface area contributed by atoms with Crippen LogP contribution in [0, 0.1) is 0 Å². The van der Waals surface area contributed by atoms with Crippen molar-refractivity contribution in [2.45, 2.75) is 0 Å². The Hall–Kier alpha value is -1.92. The lowest BCUT2D eigenvalue weighted by molar-refractivity contribution is -0.129. The van der Waals surface area contributed by atoms with Gasteiger partial charge >= 0.3 is 6.03 Å². The summed E-state index contributed by atoms with van der Waals surface area (Å²) in [6, 6.07) is -0.720. The summed E-state index contributed by atoms with van der Waals surface area (Å²) in [4.78, 5) is 34.8. The average Bonchev–Trinajstić information content (AvgIpc) is 2.13. The van der Waals surface area contributed by atoms with Crippen molar-refractivity contribution >= 4 is 23.6 Å². The Balaban J connectivity index is 3.14. The van der Waals surface area contributed by atoms with Gasteiger partial charge < -0.3 is 5.21 Å². The molecule has 0 unspecified atom stereocenters. The molecule has 0 aromatic carbocycles. The van der Waals surface area contributed by atoms with Crippen LogP contribution in [-0.4, -0.2) is 52.7 Å². The van der Waals surface area contributed by atoms with E-state index in [0.29, 0.717) is 0 Å². The Morgan fingerprint density at radius 2 is 1.46 bits per heavy atom. The second-order valence-corrected chi connectivity index (χ2v) is 2.47. The molecule has 0 radical (unpaired) electrons. The monoisotopic (exact) mass is 186 g/mol. The van der Waals surface area contributed by atoms with E-state index in [-0.39, 0.29) is 0 Å². The van der Waals surface area contributed by atoms with Gasteiger partial charge in [0, 0.05) is 14.1 Å². The molecule has 0 saturated carbocycles. The number of hydrogen-bond donors (Lipinski definition) is 0. The third kappa shape index (κ3) is 1.13. The lowest BCUT2D eigenvalue weighted by Gasteiger charge is -2.26. The lowest BCUT2D eigenvalue weighted by Crippen LogP contribution is -2.57. The molecule has 2 N–H and O–H groups in total. The van der Waals surface area contributed by atoms with Gasteiger partial charge in [0.05, 0.1) is 5.16 Å². The molecule has 1 heterocycles. The van der Waals surface area contributed by atoms with E-state index in [4.69, 9.17) is 5.21 Å². The molecule has 0 atom stereocenters. The quantitative estimate of drug-likeness (QED) is 0.327. The van der Waals surface area contributed by atoms with E-state index in [1.54, 1.807) is 0 Å². The molecule has 0 spiro atoms. The van der Waals surface area contributed by atoms with Crippen molar-refractivity contribution in [1.82, 2.24) is 9.80 Å². The Morgan fingerprint density at radius 3 is 1.77 bits per heavy atom. The number of hydrogen-bond acceptors (Lipinski definition) is 4. The minimum atomic E-state index is -0.844. The van der Waals surface area contributed by atoms with Crippen LogP contribution in [0.2, 0.25) is 0 Å². The molecule has 0 bridgehead atoms. The van der Waals surface area contributed by atoms with Gasteiger partial charge in [-0.1, -0.05) is 0 Å². The summed E-state index contributed by atoms with van der Waals surface area (Å²) >= 11 is 0. The molecular weight excluding hydrogens is 178 g/mol. The van der Waals surface area contributed by atoms with E-state index in [1.807, 2.05) is 0 Å². The average molecular weight is 186 g/mol. The first kappa shape index (κ1) is 9.17. The molecule has 1 saturated heterocycles. The molecule has 0 aromatic rings. The van der Waals surface area contributed by atoms with E-state index in [2.05, 4.69) is 5.16 Å². The first-order valence-corrected chi connectivity index (χ1v) is 3.35. The molecule has 7 heteroatoms. The van der Waals surface area contributed by atoms with Crippen LogP contribution >= 0.6 is 0 Å². The van der Waals surface area contributed by atoms with Crippen LogP contribution in [0.15, 0.2) is 5.16 Å². The zero-order chi connectivity index (χ0) is 10.2. The maximum absolute atomic E-state index is 11.1. The lowest BCUT2D eigenvalue weighted by atomic mass is 10.2. The molecular formula is C6H8N3O4+. The first-order valence-electron chi connectivity index (χ1n) is 3.35. The van der Waals surface area contributed by atoms with Crippen LogP contribution in [-0.2, 0) is 9.59 Å². The van der Waals surface area contributed by atoms with E-state index in [1.165, 1.54) is 14.1 Å². The molecule has 0 aliphatic carbocycles. The highest BCUT2D eigenvalue weighted by atomic mass is 16.4. The van der Waals surface area contributed by atoms with Crippen LogP contribution < -0.4 is 0 Å². The van der Waals surface area contributed by atoms with Gasteiger partial charge in [0.25, 0.3) is 17.5 Å². The zero-order valence-corrected chi connectivity index (χ0v) is 7.07. The summed E-state index contributed by atoms with van der Waals surface area (Å²) in [5.41, 5.74) is -0.551. The van der Waals surface area contributed by atoms with Gasteiger partial charge in [0.1, 0.15) is 0 Å². The molecule has 1 aliphatic rings. The van der Waals surface area contributed by atoms with Gasteiger partial charge in [-0.05, 0) is 0 Å². The fourth-order valence-corrected chi connectivity index (χ4v) is 0.904. The van der Waals surface area contributed by atoms with Crippen LogP contribution in [0.3, 0.4) is 0 Å². The molecule has 1 aliphatic heterocycles. The largest absolute Gasteiger partial charge is 0.468 e. The number of carbonyl (C=O) groups is 3. The molecule has 1 fully saturated rings. The van der Waals surface area contributed by atoms with Gasteiger partial charge in [-0.2, -0.15) is 0 Å². The molecule has 7 nitrogen and oxygen atoms in total. The zero-order valence-electron chi connectivity index (χ0n) is 7.07. The highest BCUT2D eigenvalue weighted by Crippen LogP contribution is 2.05. The van der Waals surface area contributed by atoms with Crippen molar-refractivity contribution < 1.29 is 19.6 Å². The van der Waals surface area contributed by atoms with Gasteiger partial charge in [0.15, 0.2) is 0 Å². The molecule has 4 amide bonds. The van der Waals surface area contributed by atoms with Crippen LogP contribution in [0.5, 0.6) is 0 Å². The third-order valence-electron chi connectivity index (χ3n) is 1.70. The van der Waals surface area contributed by atoms with Crippen molar-refractivity contribution in [1.29, 1.82) is 0 Å². The van der Waals surface area contributed by atoms with Crippen molar-refractivity contribution in [3.8, 4) is 0 Å². The smallest absolute Gasteiger partial charge is 0.333 e. The minimum absolute atomic E-state index is 0.551. The van der Waals surface area contributed by atoms with Crippen LogP contribution in [0.4, 0.5) is 4.79 Å². The summed E-state index contributed by atoms with van der Waals surface area (Å²) in [5, 5.41) is 9.36. The summed E-state index contributed by atoms with van der Waals surface area (Å²) in [5.74, 6) is -1.69. The predicted molar refractivity (Wildman–Crippen MR) is 42.0 cm³/mol. The summed E-state index contributed by atoms with van der Waals surface area (Å²) in [6.45, 7) is 0. The number of imide groups is 2. The summed E-state index contributed by atoms with van der Waals surface area (Å²) in [7, 11) is 2.44. The summed E-state index contributed by atoms with van der Waals surface area (Å²) < 4.78 is 0. The maximum Gasteiger partial charge on any atom is 0.333 e. The molecule has 70 valence electrons. The predicted octanol–water partition coefficient (Wildman–Crippen LogP) is -1.88. The maximum atomic E-state index is 11.1. The van der Waals surface area contributed by atoms with E-state index in [0.717, 1.165) is 9.80 Å². The van der Waals surface area contributed by atoms with Crippen molar-refractivity contribution in [2.75, 3.05) is 14.1 Å². The first-order chi connectivity index (χ1) is 6.00. The molecule has 1 rings (SSSR count). The van der Waals surface area contributed by atoms with E-state index in [9.17, 15) is 14.4 Å². The van der Waals surface area contributed by atoms with Crippen molar-refractivity contribution in [2.24, 2.45) is 5.16 Å². The normalized spacial score (nSPS) is 18.3. The highest BCUT2D eigenvalue weighted by Gasteiger charge is 2.41. The van der Waals surface area contributed by atoms with E-state index < -0.39 is 23.6 Å². The van der Waals surface area contributed by atoms with Gasteiger partial charge in [-0.3, -0.25) is 19.4 Å². The second-order valence-electron chi connectivity index (χ2n) is 2.47. The fraction of sp³-hybridized carbons (Fsp3) is 0.333. The van der Waals surface area contributed by atoms with E-state index >= 15 is 0 Å². The number of amides is 4. The Kier molecular flexibility index (Phi) is 2.01. The Labute approximate surface area is 73.2 Å². The van der Waals surface area contributed by atoms with Crippen LogP contribution in [0.25, 0.3) is 0 Å². The highest BCUT2D eigenvalue weighted by molar-refractivity contribution is 6.68. The van der Waals surface area contributed by atoms with Crippen LogP contribution in [0.1, 0.15) is 0 Å². The second kappa shape index (κ2) is 2.85. The molecule has 13 heavy (non-hydrogen) atoms. The third-order valence-corrected chi connectivity index (χ3v) is 1.70. The van der Waals surface area contributed by atoms with Crippen molar-refractivity contribution in [3.05, 3.63) is 0 Å². The van der Waals surface area contributed by atoms with Gasteiger partial charge in [0.2, 0.25) is 0 Å². The topological polar surface area (TPSA) is 92.9 Å². The number of urea groups is 1. The molecule has 0 aromatic heterocycles. The minimum Gasteiger partial charge on any atom is -0.468 e. The number of barbiturate groups is 1. The Morgan fingerprint density at radius 1 is 1.08 bits per heavy atom. The van der Waals surface area contributed by atoms with Gasteiger partial charge in [-0.25, -0.2) is 4.79 Å². The Bertz CT molecular complexity index is 296. The number of rotatable bonds is 0. The fourth-order valence-electron chi connectivity index (χ4n) is 0.904. The summed E-state index contributed by atoms with van der Waals surface area (Å²) in [6.07, 6.45) is 0. The van der Waals surface area contributed by atoms with Gasteiger partial charge in [-0.15, -0.1) is 0 Å². The SMILES string of the molecule is CN1C(=O)C(=N[OH2+])C(=O)N(C)C1=O. The van der Waals surface area contributed by atoms with Crippen molar-refractivity contribution in [3.63, 3.8) is 0 Å².